The quantitative estimate of drug-likeness (QED) is 0.375. The van der Waals surface area contributed by atoms with Gasteiger partial charge in [-0.05, 0) is 55.2 Å². The van der Waals surface area contributed by atoms with Gasteiger partial charge in [-0.15, -0.1) is 0 Å². The summed E-state index contributed by atoms with van der Waals surface area (Å²) in [6.45, 7) is 5.33. The number of aromatic amines is 1. The van der Waals surface area contributed by atoms with E-state index in [-0.39, 0.29) is 5.82 Å². The van der Waals surface area contributed by atoms with Gasteiger partial charge in [0, 0.05) is 30.2 Å². The zero-order valence-electron chi connectivity index (χ0n) is 17.9. The lowest BCUT2D eigenvalue weighted by Crippen LogP contribution is -2.08. The number of methoxy groups -OCH3 is 1. The number of nitrogens with one attached hydrogen (secondary N) is 3. The lowest BCUT2D eigenvalue weighted by atomic mass is 10.0. The minimum absolute atomic E-state index is 0.216. The smallest absolute Gasteiger partial charge is 0.147 e. The Kier molecular flexibility index (Phi) is 6.02. The molecule has 0 saturated heterocycles. The fourth-order valence-electron chi connectivity index (χ4n) is 3.76. The van der Waals surface area contributed by atoms with Crippen LogP contribution in [-0.2, 0) is 13.0 Å². The first-order valence-corrected chi connectivity index (χ1v) is 10.2. The minimum atomic E-state index is -0.216. The van der Waals surface area contributed by atoms with Crippen molar-refractivity contribution in [2.75, 3.05) is 24.3 Å². The molecule has 2 aromatic carbocycles. The van der Waals surface area contributed by atoms with Gasteiger partial charge in [0.05, 0.1) is 12.6 Å². The molecule has 4 aromatic rings. The number of ether oxygens (including phenoxy) is 1. The molecule has 160 valence electrons. The minimum Gasteiger partial charge on any atom is -0.497 e. The summed E-state index contributed by atoms with van der Waals surface area (Å²) in [5, 5.41) is 7.63. The van der Waals surface area contributed by atoms with Gasteiger partial charge >= 0.3 is 0 Å². The van der Waals surface area contributed by atoms with Crippen LogP contribution in [0.4, 0.5) is 16.0 Å². The summed E-state index contributed by atoms with van der Waals surface area (Å²) in [7, 11) is 1.65. The van der Waals surface area contributed by atoms with Crippen LogP contribution in [0.5, 0.6) is 5.75 Å². The van der Waals surface area contributed by atoms with Gasteiger partial charge in [-0.3, -0.25) is 0 Å². The van der Waals surface area contributed by atoms with E-state index in [1.165, 1.54) is 12.4 Å². The lowest BCUT2D eigenvalue weighted by Gasteiger charge is -2.10. The van der Waals surface area contributed by atoms with Crippen molar-refractivity contribution in [2.24, 2.45) is 0 Å². The molecular weight excluding hydrogens is 393 g/mol. The Labute approximate surface area is 180 Å². The van der Waals surface area contributed by atoms with Crippen LogP contribution in [0.1, 0.15) is 22.4 Å². The monoisotopic (exact) mass is 419 g/mol. The molecule has 0 unspecified atom stereocenters. The van der Waals surface area contributed by atoms with Gasteiger partial charge < -0.3 is 20.4 Å². The van der Waals surface area contributed by atoms with Crippen molar-refractivity contribution in [3.63, 3.8) is 0 Å². The normalized spacial score (nSPS) is 11.0. The van der Waals surface area contributed by atoms with Gasteiger partial charge in [0.15, 0.2) is 0 Å². The second-order valence-electron chi connectivity index (χ2n) is 7.51. The molecule has 3 N–H and O–H groups in total. The van der Waals surface area contributed by atoms with Gasteiger partial charge in [0.2, 0.25) is 0 Å². The molecule has 31 heavy (non-hydrogen) atoms. The first-order valence-electron chi connectivity index (χ1n) is 10.2. The SMILES string of the molecule is COc1ccc(CNc2cc(NCCc3c(C)[nH]c4c(F)ccc(C)c34)ncn2)cc1. The number of aromatic nitrogens is 3. The van der Waals surface area contributed by atoms with Crippen molar-refractivity contribution in [3.05, 3.63) is 77.0 Å². The number of rotatable bonds is 8. The molecule has 7 heteroatoms. The van der Waals surface area contributed by atoms with Crippen molar-refractivity contribution >= 4 is 22.5 Å². The molecule has 2 heterocycles. The van der Waals surface area contributed by atoms with Crippen LogP contribution in [0.3, 0.4) is 0 Å². The summed E-state index contributed by atoms with van der Waals surface area (Å²) < 4.78 is 19.3. The third-order valence-corrected chi connectivity index (χ3v) is 5.41. The third-order valence-electron chi connectivity index (χ3n) is 5.41. The Morgan fingerprint density at radius 2 is 1.74 bits per heavy atom. The number of nitrogens with zero attached hydrogens (tertiary/aromatic N) is 2. The van der Waals surface area contributed by atoms with E-state index in [4.69, 9.17) is 4.74 Å². The zero-order valence-corrected chi connectivity index (χ0v) is 17.9. The van der Waals surface area contributed by atoms with Gasteiger partial charge in [-0.2, -0.15) is 0 Å². The van der Waals surface area contributed by atoms with Gasteiger partial charge in [0.1, 0.15) is 29.5 Å². The van der Waals surface area contributed by atoms with E-state index in [1.54, 1.807) is 7.11 Å². The lowest BCUT2D eigenvalue weighted by molar-refractivity contribution is 0.414. The van der Waals surface area contributed by atoms with E-state index in [2.05, 4.69) is 25.6 Å². The molecule has 0 aliphatic rings. The Hall–Kier alpha value is -3.61. The largest absolute Gasteiger partial charge is 0.497 e. The highest BCUT2D eigenvalue weighted by molar-refractivity contribution is 5.88. The van der Waals surface area contributed by atoms with Crippen molar-refractivity contribution < 1.29 is 9.13 Å². The highest BCUT2D eigenvalue weighted by atomic mass is 19.1. The molecule has 4 rings (SSSR count). The number of halogens is 1. The molecule has 0 bridgehead atoms. The second kappa shape index (κ2) is 9.04. The van der Waals surface area contributed by atoms with E-state index >= 15 is 0 Å². The highest BCUT2D eigenvalue weighted by Crippen LogP contribution is 2.28. The number of benzene rings is 2. The average molecular weight is 420 g/mol. The van der Waals surface area contributed by atoms with Crippen LogP contribution in [0, 0.1) is 19.7 Å². The number of aryl methyl sites for hydroxylation is 2. The standard InChI is InChI=1S/C24H26FN5O/c1-15-4-9-20(25)24-23(15)19(16(2)30-24)10-11-26-21-12-22(29-14-28-21)27-13-17-5-7-18(31-3)8-6-17/h4-9,12,14,30H,10-11,13H2,1-3H3,(H2,26,27,28,29). The molecule has 0 radical (unpaired) electrons. The summed E-state index contributed by atoms with van der Waals surface area (Å²) in [4.78, 5) is 11.8. The molecule has 0 spiro atoms. The molecule has 0 atom stereocenters. The van der Waals surface area contributed by atoms with E-state index < -0.39 is 0 Å². The Morgan fingerprint density at radius 3 is 2.48 bits per heavy atom. The maximum atomic E-state index is 14.1. The fraction of sp³-hybridized carbons (Fsp3) is 0.250. The topological polar surface area (TPSA) is 74.9 Å². The van der Waals surface area contributed by atoms with Crippen LogP contribution < -0.4 is 15.4 Å². The number of H-pyrrole nitrogens is 1. The molecule has 2 aromatic heterocycles. The van der Waals surface area contributed by atoms with E-state index in [1.807, 2.05) is 50.2 Å². The summed E-state index contributed by atoms with van der Waals surface area (Å²) in [5.74, 6) is 2.11. The number of hydrogen-bond acceptors (Lipinski definition) is 5. The van der Waals surface area contributed by atoms with Crippen molar-refractivity contribution in [1.29, 1.82) is 0 Å². The maximum Gasteiger partial charge on any atom is 0.147 e. The Balaban J connectivity index is 1.38. The van der Waals surface area contributed by atoms with E-state index in [0.29, 0.717) is 18.6 Å². The molecule has 0 fully saturated rings. The first-order chi connectivity index (χ1) is 15.0. The van der Waals surface area contributed by atoms with Gasteiger partial charge in [0.25, 0.3) is 0 Å². The Bertz CT molecular complexity index is 1190. The first kappa shape index (κ1) is 20.7. The predicted octanol–water partition coefficient (Wildman–Crippen LogP) is 4.99. The van der Waals surface area contributed by atoms with Crippen LogP contribution >= 0.6 is 0 Å². The molecule has 0 aliphatic heterocycles. The summed E-state index contributed by atoms with van der Waals surface area (Å²) in [5.41, 5.74) is 4.91. The number of fused-ring (bicyclic) bond motifs is 1. The van der Waals surface area contributed by atoms with Gasteiger partial charge in [-0.25, -0.2) is 14.4 Å². The van der Waals surface area contributed by atoms with E-state index in [0.717, 1.165) is 51.6 Å². The van der Waals surface area contributed by atoms with Gasteiger partial charge in [-0.1, -0.05) is 18.2 Å². The summed E-state index contributed by atoms with van der Waals surface area (Å²) in [6, 6.07) is 13.1. The third kappa shape index (κ3) is 4.60. The average Bonchev–Trinajstić information content (AvgIpc) is 3.13. The molecule has 0 aliphatic carbocycles. The van der Waals surface area contributed by atoms with E-state index in [9.17, 15) is 4.39 Å². The Morgan fingerprint density at radius 1 is 1.00 bits per heavy atom. The van der Waals surface area contributed by atoms with Crippen LogP contribution in [0.2, 0.25) is 0 Å². The predicted molar refractivity (Wildman–Crippen MR) is 122 cm³/mol. The van der Waals surface area contributed by atoms with Crippen molar-refractivity contribution in [1.82, 2.24) is 15.0 Å². The molecule has 6 nitrogen and oxygen atoms in total. The summed E-state index contributed by atoms with van der Waals surface area (Å²) in [6.07, 6.45) is 2.30. The maximum absolute atomic E-state index is 14.1. The summed E-state index contributed by atoms with van der Waals surface area (Å²) >= 11 is 0. The van der Waals surface area contributed by atoms with Crippen LogP contribution in [0.25, 0.3) is 10.9 Å². The van der Waals surface area contributed by atoms with Crippen LogP contribution in [-0.4, -0.2) is 28.6 Å². The molecular formula is C24H26FN5O. The zero-order chi connectivity index (χ0) is 21.8. The fourth-order valence-corrected chi connectivity index (χ4v) is 3.76. The molecule has 0 amide bonds. The van der Waals surface area contributed by atoms with Crippen molar-refractivity contribution in [3.8, 4) is 5.75 Å². The number of anilines is 2. The second-order valence-corrected chi connectivity index (χ2v) is 7.51. The van der Waals surface area contributed by atoms with Crippen molar-refractivity contribution in [2.45, 2.75) is 26.8 Å². The number of hydrogen-bond donors (Lipinski definition) is 3. The highest BCUT2D eigenvalue weighted by Gasteiger charge is 2.13. The van der Waals surface area contributed by atoms with Crippen LogP contribution in [0.15, 0.2) is 48.8 Å². The molecule has 0 saturated carbocycles.